The van der Waals surface area contributed by atoms with Crippen LogP contribution in [0.5, 0.6) is 0 Å². The molecule has 1 N–H and O–H groups in total. The second-order valence-corrected chi connectivity index (χ2v) is 5.85. The first-order chi connectivity index (χ1) is 9.27. The van der Waals surface area contributed by atoms with Gasteiger partial charge in [-0.25, -0.2) is 9.97 Å². The van der Waals surface area contributed by atoms with Crippen LogP contribution in [0.1, 0.15) is 21.1 Å². The molecule has 0 unspecified atom stereocenters. The Kier molecular flexibility index (Phi) is 4.19. The number of alkyl halides is 3. The lowest BCUT2D eigenvalue weighted by atomic mass is 10.3. The molecule has 2 aromatic heterocycles. The highest BCUT2D eigenvalue weighted by molar-refractivity contribution is 7.11. The number of rotatable bonds is 3. The van der Waals surface area contributed by atoms with Gasteiger partial charge in [0.05, 0.1) is 22.8 Å². The molecule has 2 heterocycles. The van der Waals surface area contributed by atoms with E-state index in [9.17, 15) is 13.2 Å². The molecule has 20 heavy (non-hydrogen) atoms. The highest BCUT2D eigenvalue weighted by atomic mass is 35.5. The van der Waals surface area contributed by atoms with E-state index in [0.717, 1.165) is 27.8 Å². The van der Waals surface area contributed by atoms with Crippen molar-refractivity contribution < 1.29 is 13.2 Å². The molecule has 0 bridgehead atoms. The third kappa shape index (κ3) is 3.40. The van der Waals surface area contributed by atoms with Crippen molar-refractivity contribution in [2.75, 3.05) is 5.32 Å². The van der Waals surface area contributed by atoms with Crippen LogP contribution >= 0.6 is 22.9 Å². The highest BCUT2D eigenvalue weighted by Crippen LogP contribution is 2.32. The molecule has 0 aromatic carbocycles. The Morgan fingerprint density at radius 3 is 2.55 bits per heavy atom. The quantitative estimate of drug-likeness (QED) is 0.908. The molecule has 0 aliphatic carbocycles. The Morgan fingerprint density at radius 1 is 1.35 bits per heavy atom. The van der Waals surface area contributed by atoms with Gasteiger partial charge in [0.25, 0.3) is 0 Å². The van der Waals surface area contributed by atoms with Crippen LogP contribution in [0.3, 0.4) is 0 Å². The Balaban J connectivity index is 2.10. The summed E-state index contributed by atoms with van der Waals surface area (Å²) in [7, 11) is 0. The SMILES string of the molecule is Cc1nc(CNc2ncc(C(F)(F)F)cc2Cl)sc1C. The molecule has 0 spiro atoms. The van der Waals surface area contributed by atoms with Crippen LogP contribution in [0.4, 0.5) is 19.0 Å². The minimum Gasteiger partial charge on any atom is -0.362 e. The number of hydrogen-bond acceptors (Lipinski definition) is 4. The molecule has 2 rings (SSSR count). The molecular weight excluding hydrogens is 311 g/mol. The van der Waals surface area contributed by atoms with Gasteiger partial charge in [-0.1, -0.05) is 11.6 Å². The predicted octanol–water partition coefficient (Wildman–Crippen LogP) is 4.44. The van der Waals surface area contributed by atoms with Crippen molar-refractivity contribution in [3.63, 3.8) is 0 Å². The van der Waals surface area contributed by atoms with Crippen molar-refractivity contribution >= 4 is 28.8 Å². The number of aromatic nitrogens is 2. The van der Waals surface area contributed by atoms with E-state index in [0.29, 0.717) is 6.54 Å². The third-order valence-electron chi connectivity index (χ3n) is 2.65. The Morgan fingerprint density at radius 2 is 2.05 bits per heavy atom. The largest absolute Gasteiger partial charge is 0.417 e. The summed E-state index contributed by atoms with van der Waals surface area (Å²) >= 11 is 7.32. The molecular formula is C12H11ClF3N3S. The van der Waals surface area contributed by atoms with E-state index >= 15 is 0 Å². The molecule has 0 atom stereocenters. The summed E-state index contributed by atoms with van der Waals surface area (Å²) in [6, 6.07) is 0.856. The summed E-state index contributed by atoms with van der Waals surface area (Å²) in [6.45, 7) is 4.23. The van der Waals surface area contributed by atoms with E-state index in [4.69, 9.17) is 11.6 Å². The summed E-state index contributed by atoms with van der Waals surface area (Å²) in [4.78, 5) is 9.12. The van der Waals surface area contributed by atoms with Crippen LogP contribution in [-0.2, 0) is 12.7 Å². The Labute approximate surface area is 122 Å². The van der Waals surface area contributed by atoms with Gasteiger partial charge < -0.3 is 5.32 Å². The zero-order chi connectivity index (χ0) is 14.9. The molecule has 2 aromatic rings. The standard InChI is InChI=1S/C12H11ClF3N3S/c1-6-7(2)20-10(19-6)5-18-11-9(13)3-8(4-17-11)12(14,15)16/h3-4H,5H2,1-2H3,(H,17,18). The number of pyridine rings is 1. The minimum absolute atomic E-state index is 0.0650. The normalized spacial score (nSPS) is 11.7. The molecule has 0 aliphatic rings. The lowest BCUT2D eigenvalue weighted by molar-refractivity contribution is -0.137. The average Bonchev–Trinajstić information content (AvgIpc) is 2.66. The van der Waals surface area contributed by atoms with Gasteiger partial charge in [0, 0.05) is 11.1 Å². The average molecular weight is 322 g/mol. The monoisotopic (exact) mass is 321 g/mol. The summed E-state index contributed by atoms with van der Waals surface area (Å²) in [5.41, 5.74) is 0.0762. The number of nitrogens with one attached hydrogen (secondary N) is 1. The van der Waals surface area contributed by atoms with E-state index in [1.54, 1.807) is 0 Å². The maximum atomic E-state index is 12.5. The fourth-order valence-corrected chi connectivity index (χ4v) is 2.60. The fourth-order valence-electron chi connectivity index (χ4n) is 1.50. The van der Waals surface area contributed by atoms with E-state index in [1.807, 2.05) is 13.8 Å². The molecule has 108 valence electrons. The lowest BCUT2D eigenvalue weighted by Crippen LogP contribution is -2.08. The Bertz CT molecular complexity index is 605. The fraction of sp³-hybridized carbons (Fsp3) is 0.333. The van der Waals surface area contributed by atoms with Crippen molar-refractivity contribution in [1.29, 1.82) is 0 Å². The first-order valence-corrected chi connectivity index (χ1v) is 6.86. The molecule has 0 aliphatic heterocycles. The van der Waals surface area contributed by atoms with Gasteiger partial charge in [0.1, 0.15) is 10.8 Å². The summed E-state index contributed by atoms with van der Waals surface area (Å²) in [5, 5.41) is 3.65. The Hall–Kier alpha value is -1.34. The lowest BCUT2D eigenvalue weighted by Gasteiger charge is -2.09. The van der Waals surface area contributed by atoms with Crippen LogP contribution in [0.2, 0.25) is 5.02 Å². The number of thiazole rings is 1. The molecule has 0 saturated carbocycles. The van der Waals surface area contributed by atoms with Crippen molar-refractivity contribution in [2.45, 2.75) is 26.6 Å². The summed E-state index contributed by atoms with van der Waals surface area (Å²) < 4.78 is 37.4. The van der Waals surface area contributed by atoms with Crippen LogP contribution in [0, 0.1) is 13.8 Å². The van der Waals surface area contributed by atoms with Crippen LogP contribution in [0.25, 0.3) is 0 Å². The maximum Gasteiger partial charge on any atom is 0.417 e. The number of halogens is 4. The zero-order valence-electron chi connectivity index (χ0n) is 10.7. The molecule has 0 radical (unpaired) electrons. The maximum absolute atomic E-state index is 12.5. The second-order valence-electron chi connectivity index (χ2n) is 4.15. The van der Waals surface area contributed by atoms with Crippen molar-refractivity contribution in [3.05, 3.63) is 38.4 Å². The van der Waals surface area contributed by atoms with E-state index < -0.39 is 11.7 Å². The van der Waals surface area contributed by atoms with Gasteiger partial charge in [0.2, 0.25) is 0 Å². The van der Waals surface area contributed by atoms with Crippen molar-refractivity contribution in [2.24, 2.45) is 0 Å². The smallest absolute Gasteiger partial charge is 0.362 e. The first-order valence-electron chi connectivity index (χ1n) is 5.67. The van der Waals surface area contributed by atoms with Crippen LogP contribution < -0.4 is 5.32 Å². The number of aryl methyl sites for hydroxylation is 2. The van der Waals surface area contributed by atoms with Gasteiger partial charge in [-0.3, -0.25) is 0 Å². The van der Waals surface area contributed by atoms with Crippen LogP contribution in [0.15, 0.2) is 12.3 Å². The first kappa shape index (κ1) is 15.1. The van der Waals surface area contributed by atoms with Gasteiger partial charge >= 0.3 is 6.18 Å². The van der Waals surface area contributed by atoms with Gasteiger partial charge in [-0.05, 0) is 19.9 Å². The van der Waals surface area contributed by atoms with E-state index in [-0.39, 0.29) is 10.8 Å². The molecule has 8 heteroatoms. The molecule has 3 nitrogen and oxygen atoms in total. The second kappa shape index (κ2) is 5.57. The van der Waals surface area contributed by atoms with Gasteiger partial charge in [-0.2, -0.15) is 13.2 Å². The van der Waals surface area contributed by atoms with Crippen molar-refractivity contribution in [3.8, 4) is 0 Å². The molecule has 0 saturated heterocycles. The number of anilines is 1. The number of hydrogen-bond donors (Lipinski definition) is 1. The van der Waals surface area contributed by atoms with Gasteiger partial charge in [-0.15, -0.1) is 11.3 Å². The summed E-state index contributed by atoms with van der Waals surface area (Å²) in [5.74, 6) is 0.213. The van der Waals surface area contributed by atoms with Crippen molar-refractivity contribution in [1.82, 2.24) is 9.97 Å². The molecule has 0 fully saturated rings. The zero-order valence-corrected chi connectivity index (χ0v) is 12.2. The van der Waals surface area contributed by atoms with Gasteiger partial charge in [0.15, 0.2) is 0 Å². The predicted molar refractivity (Wildman–Crippen MR) is 73.2 cm³/mol. The molecule has 0 amide bonds. The minimum atomic E-state index is -4.45. The topological polar surface area (TPSA) is 37.8 Å². The highest BCUT2D eigenvalue weighted by Gasteiger charge is 2.31. The third-order valence-corrected chi connectivity index (χ3v) is 4.01. The number of nitrogens with zero attached hydrogens (tertiary/aromatic N) is 2. The van der Waals surface area contributed by atoms with Crippen LogP contribution in [-0.4, -0.2) is 9.97 Å². The summed E-state index contributed by atoms with van der Waals surface area (Å²) in [6.07, 6.45) is -3.69. The van der Waals surface area contributed by atoms with E-state index in [2.05, 4.69) is 15.3 Å². The van der Waals surface area contributed by atoms with E-state index in [1.165, 1.54) is 11.3 Å².